The van der Waals surface area contributed by atoms with Gasteiger partial charge in [0.25, 0.3) is 0 Å². The zero-order valence-corrected chi connectivity index (χ0v) is 14.0. The molecule has 0 saturated carbocycles. The molecule has 0 spiro atoms. The van der Waals surface area contributed by atoms with E-state index in [9.17, 15) is 9.90 Å². The Kier molecular flexibility index (Phi) is 4.70. The van der Waals surface area contributed by atoms with Crippen LogP contribution in [0.1, 0.15) is 44.9 Å². The molecule has 2 aromatic rings. The van der Waals surface area contributed by atoms with Gasteiger partial charge in [-0.1, -0.05) is 41.5 Å². The van der Waals surface area contributed by atoms with Crippen molar-refractivity contribution in [1.29, 1.82) is 0 Å². The third-order valence-electron chi connectivity index (χ3n) is 4.36. The summed E-state index contributed by atoms with van der Waals surface area (Å²) in [4.78, 5) is 11.9. The summed E-state index contributed by atoms with van der Waals surface area (Å²) in [6, 6.07) is 10.3. The summed E-state index contributed by atoms with van der Waals surface area (Å²) in [5.41, 5.74) is 7.79. The minimum atomic E-state index is -0.756. The topological polar surface area (TPSA) is 37.3 Å². The van der Waals surface area contributed by atoms with E-state index in [1.54, 1.807) is 0 Å². The van der Waals surface area contributed by atoms with Crippen LogP contribution >= 0.6 is 0 Å². The number of aryl methyl sites for hydroxylation is 5. The van der Waals surface area contributed by atoms with E-state index in [2.05, 4.69) is 32.9 Å². The lowest BCUT2D eigenvalue weighted by Crippen LogP contribution is -2.17. The van der Waals surface area contributed by atoms with E-state index in [1.165, 1.54) is 16.7 Å². The van der Waals surface area contributed by atoms with E-state index in [-0.39, 0.29) is 0 Å². The van der Waals surface area contributed by atoms with Gasteiger partial charge in [-0.3, -0.25) is 4.79 Å². The lowest BCUT2D eigenvalue weighted by Gasteiger charge is -2.19. The molecule has 0 aliphatic carbocycles. The van der Waals surface area contributed by atoms with Crippen molar-refractivity contribution in [1.82, 2.24) is 0 Å². The van der Waals surface area contributed by atoms with Crippen LogP contribution in [0.15, 0.2) is 30.3 Å². The number of carboxylic acid groups (broad SMARTS) is 1. The zero-order chi connectivity index (χ0) is 16.4. The number of carboxylic acids is 1. The Morgan fingerprint density at radius 2 is 1.50 bits per heavy atom. The molecular weight excluding hydrogens is 272 g/mol. The Morgan fingerprint density at radius 1 is 0.909 bits per heavy atom. The average molecular weight is 296 g/mol. The quantitative estimate of drug-likeness (QED) is 0.892. The molecule has 0 aliphatic rings. The highest BCUT2D eigenvalue weighted by molar-refractivity contribution is 5.77. The Bertz CT molecular complexity index is 691. The van der Waals surface area contributed by atoms with Crippen molar-refractivity contribution in [3.8, 4) is 0 Å². The van der Waals surface area contributed by atoms with Crippen molar-refractivity contribution < 1.29 is 9.90 Å². The minimum absolute atomic E-state index is 0.500. The normalized spacial score (nSPS) is 12.2. The SMILES string of the molecule is Cc1cc(C)c(CC(C(=O)O)c2cc(C)ccc2C)c(C)c1. The molecule has 2 rings (SSSR count). The van der Waals surface area contributed by atoms with Gasteiger partial charge in [0.15, 0.2) is 0 Å². The number of aliphatic carboxylic acids is 1. The average Bonchev–Trinajstić information content (AvgIpc) is 2.40. The molecule has 1 atom stereocenters. The number of hydrogen-bond acceptors (Lipinski definition) is 1. The highest BCUT2D eigenvalue weighted by atomic mass is 16.4. The molecule has 22 heavy (non-hydrogen) atoms. The van der Waals surface area contributed by atoms with Crippen LogP contribution in [0.5, 0.6) is 0 Å². The zero-order valence-electron chi connectivity index (χ0n) is 14.0. The molecule has 0 saturated heterocycles. The molecule has 0 fully saturated rings. The Morgan fingerprint density at radius 3 is 2.05 bits per heavy atom. The molecule has 2 aromatic carbocycles. The van der Waals surface area contributed by atoms with Crippen LogP contribution in [-0.4, -0.2) is 11.1 Å². The van der Waals surface area contributed by atoms with E-state index < -0.39 is 11.9 Å². The highest BCUT2D eigenvalue weighted by Crippen LogP contribution is 2.28. The first-order valence-corrected chi connectivity index (χ1v) is 7.66. The van der Waals surface area contributed by atoms with Crippen LogP contribution in [0, 0.1) is 34.6 Å². The molecule has 1 unspecified atom stereocenters. The third kappa shape index (κ3) is 3.38. The van der Waals surface area contributed by atoms with Crippen molar-refractivity contribution in [2.75, 3.05) is 0 Å². The predicted octanol–water partition coefficient (Wildman–Crippen LogP) is 4.64. The number of benzene rings is 2. The molecule has 0 aromatic heterocycles. The lowest BCUT2D eigenvalue weighted by atomic mass is 9.85. The van der Waals surface area contributed by atoms with Crippen LogP contribution in [0.4, 0.5) is 0 Å². The van der Waals surface area contributed by atoms with Crippen molar-refractivity contribution in [2.24, 2.45) is 0 Å². The van der Waals surface area contributed by atoms with Crippen LogP contribution in [0.2, 0.25) is 0 Å². The third-order valence-corrected chi connectivity index (χ3v) is 4.36. The summed E-state index contributed by atoms with van der Waals surface area (Å²) < 4.78 is 0. The fraction of sp³-hybridized carbons (Fsp3) is 0.350. The van der Waals surface area contributed by atoms with Gasteiger partial charge in [-0.05, 0) is 68.9 Å². The Labute approximate surface area is 132 Å². The number of rotatable bonds is 4. The lowest BCUT2D eigenvalue weighted by molar-refractivity contribution is -0.138. The van der Waals surface area contributed by atoms with Gasteiger partial charge in [0.05, 0.1) is 5.92 Å². The summed E-state index contributed by atoms with van der Waals surface area (Å²) >= 11 is 0. The molecule has 2 heteroatoms. The van der Waals surface area contributed by atoms with Crippen molar-refractivity contribution in [3.63, 3.8) is 0 Å². The van der Waals surface area contributed by atoms with Crippen LogP contribution in [0.3, 0.4) is 0 Å². The van der Waals surface area contributed by atoms with Crippen LogP contribution in [-0.2, 0) is 11.2 Å². The van der Waals surface area contributed by atoms with E-state index in [1.807, 2.05) is 32.0 Å². The molecule has 0 aliphatic heterocycles. The maximum absolute atomic E-state index is 11.9. The summed E-state index contributed by atoms with van der Waals surface area (Å²) in [6.45, 7) is 10.2. The summed E-state index contributed by atoms with van der Waals surface area (Å²) in [6.07, 6.45) is 0.539. The first-order chi connectivity index (χ1) is 10.3. The van der Waals surface area contributed by atoms with Crippen molar-refractivity contribution >= 4 is 5.97 Å². The second kappa shape index (κ2) is 6.35. The van der Waals surface area contributed by atoms with Crippen LogP contribution < -0.4 is 0 Å². The molecule has 0 bridgehead atoms. The summed E-state index contributed by atoms with van der Waals surface area (Å²) in [5.74, 6) is -1.26. The van der Waals surface area contributed by atoms with Gasteiger partial charge in [0, 0.05) is 0 Å². The van der Waals surface area contributed by atoms with Gasteiger partial charge in [0.2, 0.25) is 0 Å². The van der Waals surface area contributed by atoms with E-state index >= 15 is 0 Å². The highest BCUT2D eigenvalue weighted by Gasteiger charge is 2.23. The monoisotopic (exact) mass is 296 g/mol. The van der Waals surface area contributed by atoms with Gasteiger partial charge < -0.3 is 5.11 Å². The largest absolute Gasteiger partial charge is 0.481 e. The Balaban J connectivity index is 2.47. The molecule has 1 N–H and O–H groups in total. The summed E-state index contributed by atoms with van der Waals surface area (Å²) in [7, 11) is 0. The van der Waals surface area contributed by atoms with Gasteiger partial charge in [-0.25, -0.2) is 0 Å². The van der Waals surface area contributed by atoms with E-state index in [4.69, 9.17) is 0 Å². The molecule has 0 amide bonds. The second-order valence-electron chi connectivity index (χ2n) is 6.33. The molecule has 0 heterocycles. The maximum Gasteiger partial charge on any atom is 0.311 e. The van der Waals surface area contributed by atoms with Crippen molar-refractivity contribution in [3.05, 3.63) is 69.3 Å². The van der Waals surface area contributed by atoms with Gasteiger partial charge in [0.1, 0.15) is 0 Å². The van der Waals surface area contributed by atoms with E-state index in [0.717, 1.165) is 22.3 Å². The first kappa shape index (κ1) is 16.3. The number of carbonyl (C=O) groups is 1. The molecule has 2 nitrogen and oxygen atoms in total. The molecule has 0 radical (unpaired) electrons. The van der Waals surface area contributed by atoms with E-state index in [0.29, 0.717) is 6.42 Å². The summed E-state index contributed by atoms with van der Waals surface area (Å²) in [5, 5.41) is 9.74. The maximum atomic E-state index is 11.9. The van der Waals surface area contributed by atoms with Gasteiger partial charge in [-0.15, -0.1) is 0 Å². The fourth-order valence-corrected chi connectivity index (χ4v) is 3.20. The second-order valence-corrected chi connectivity index (χ2v) is 6.33. The fourth-order valence-electron chi connectivity index (χ4n) is 3.20. The van der Waals surface area contributed by atoms with Crippen LogP contribution in [0.25, 0.3) is 0 Å². The van der Waals surface area contributed by atoms with Crippen molar-refractivity contribution in [2.45, 2.75) is 47.0 Å². The minimum Gasteiger partial charge on any atom is -0.481 e. The van der Waals surface area contributed by atoms with Gasteiger partial charge in [-0.2, -0.15) is 0 Å². The first-order valence-electron chi connectivity index (χ1n) is 7.66. The predicted molar refractivity (Wildman–Crippen MR) is 90.6 cm³/mol. The smallest absolute Gasteiger partial charge is 0.311 e. The van der Waals surface area contributed by atoms with Gasteiger partial charge >= 0.3 is 5.97 Å². The number of hydrogen-bond donors (Lipinski definition) is 1. The molecular formula is C20H24O2. The Hall–Kier alpha value is -2.09. The standard InChI is InChI=1S/C20H24O2/c1-12-6-7-14(3)18(10-12)19(20(21)22)11-17-15(4)8-13(2)9-16(17)5/h6-10,19H,11H2,1-5H3,(H,21,22). The molecule has 116 valence electrons.